The molecule has 5 heteroatoms. The number of amides is 1. The second-order valence-electron chi connectivity index (χ2n) is 5.60. The van der Waals surface area contributed by atoms with Crippen LogP contribution in [0.15, 0.2) is 12.3 Å². The molecule has 0 saturated carbocycles. The lowest BCUT2D eigenvalue weighted by atomic mass is 9.89. The predicted molar refractivity (Wildman–Crippen MR) is 87.9 cm³/mol. The summed E-state index contributed by atoms with van der Waals surface area (Å²) in [6, 6.07) is 1.68. The molecule has 1 amide bonds. The van der Waals surface area contributed by atoms with E-state index in [2.05, 4.69) is 29.2 Å². The van der Waals surface area contributed by atoms with Crippen LogP contribution in [0, 0.1) is 6.92 Å². The van der Waals surface area contributed by atoms with Crippen molar-refractivity contribution < 1.29 is 4.79 Å². The van der Waals surface area contributed by atoms with Gasteiger partial charge in [-0.25, -0.2) is 0 Å². The molecule has 1 aliphatic rings. The van der Waals surface area contributed by atoms with Gasteiger partial charge in [-0.2, -0.15) is 0 Å². The number of aryl methyl sites for hydroxylation is 1. The number of halogens is 1. The summed E-state index contributed by atoms with van der Waals surface area (Å²) in [6.07, 6.45) is 3.48. The number of pyridine rings is 1. The Labute approximate surface area is 132 Å². The van der Waals surface area contributed by atoms with E-state index in [9.17, 15) is 4.79 Å². The lowest BCUT2D eigenvalue weighted by Crippen LogP contribution is -2.52. The number of rotatable bonds is 2. The van der Waals surface area contributed by atoms with Gasteiger partial charge in [-0.1, -0.05) is 25.4 Å². The largest absolute Gasteiger partial charge is 0.347 e. The number of hydrogen-bond acceptors (Lipinski definition) is 3. The number of piperidine rings is 1. The molecule has 0 aliphatic carbocycles. The molecule has 1 aliphatic heterocycles. The number of nitrogens with one attached hydrogen (secondary N) is 1. The van der Waals surface area contributed by atoms with Crippen LogP contribution in [0.5, 0.6) is 0 Å². The van der Waals surface area contributed by atoms with Gasteiger partial charge in [-0.15, -0.1) is 0 Å². The highest BCUT2D eigenvalue weighted by Crippen LogP contribution is 2.22. The maximum absolute atomic E-state index is 12.3. The van der Waals surface area contributed by atoms with Crippen LogP contribution in [-0.4, -0.2) is 41.5 Å². The molecule has 1 saturated heterocycles. The first-order chi connectivity index (χ1) is 9.89. The summed E-state index contributed by atoms with van der Waals surface area (Å²) in [7, 11) is 2.10. The molecule has 2 heterocycles. The topological polar surface area (TPSA) is 45.2 Å². The molecule has 0 unspecified atom stereocenters. The molecule has 4 nitrogen and oxygen atoms in total. The summed E-state index contributed by atoms with van der Waals surface area (Å²) in [5, 5.41) is 3.63. The minimum atomic E-state index is -0.141. The smallest absolute Gasteiger partial charge is 0.253 e. The number of hydrogen-bond donors (Lipinski definition) is 1. The van der Waals surface area contributed by atoms with Gasteiger partial charge in [0.25, 0.3) is 5.91 Å². The Balaban J connectivity index is 0.00000106. The van der Waals surface area contributed by atoms with Crippen molar-refractivity contribution in [2.45, 2.75) is 46.1 Å². The van der Waals surface area contributed by atoms with Crippen molar-refractivity contribution in [3.63, 3.8) is 0 Å². The molecular formula is C16H26ClN3O. The van der Waals surface area contributed by atoms with Gasteiger partial charge in [0, 0.05) is 24.8 Å². The van der Waals surface area contributed by atoms with E-state index in [0.717, 1.165) is 25.9 Å². The number of nitrogens with zero attached hydrogens (tertiary/aromatic N) is 2. The molecule has 0 aromatic carbocycles. The van der Waals surface area contributed by atoms with Gasteiger partial charge >= 0.3 is 0 Å². The van der Waals surface area contributed by atoms with Crippen LogP contribution < -0.4 is 5.32 Å². The lowest BCUT2D eigenvalue weighted by molar-refractivity contribution is 0.0851. The van der Waals surface area contributed by atoms with Gasteiger partial charge < -0.3 is 10.2 Å². The molecule has 1 N–H and O–H groups in total. The van der Waals surface area contributed by atoms with Crippen LogP contribution in [-0.2, 0) is 0 Å². The van der Waals surface area contributed by atoms with Crippen LogP contribution in [0.2, 0.25) is 5.02 Å². The number of carbonyl (C=O) groups is 1. The van der Waals surface area contributed by atoms with Crippen molar-refractivity contribution in [3.05, 3.63) is 28.5 Å². The summed E-state index contributed by atoms with van der Waals surface area (Å²) in [5.41, 5.74) is 1.13. The van der Waals surface area contributed by atoms with Gasteiger partial charge in [0.2, 0.25) is 0 Å². The quantitative estimate of drug-likeness (QED) is 0.911. The molecule has 0 spiro atoms. The predicted octanol–water partition coefficient (Wildman–Crippen LogP) is 3.28. The third-order valence-electron chi connectivity index (χ3n) is 3.80. The Morgan fingerprint density at radius 1 is 1.38 bits per heavy atom. The van der Waals surface area contributed by atoms with Crippen molar-refractivity contribution >= 4 is 17.5 Å². The molecule has 118 valence electrons. The first kappa shape index (κ1) is 17.9. The van der Waals surface area contributed by atoms with Crippen LogP contribution in [0.25, 0.3) is 0 Å². The summed E-state index contributed by atoms with van der Waals surface area (Å²) in [6.45, 7) is 9.93. The van der Waals surface area contributed by atoms with Crippen LogP contribution >= 0.6 is 11.6 Å². The van der Waals surface area contributed by atoms with Crippen LogP contribution in [0.1, 0.15) is 49.7 Å². The van der Waals surface area contributed by atoms with Gasteiger partial charge in [0.1, 0.15) is 0 Å². The Bertz CT molecular complexity index is 482. The second-order valence-corrected chi connectivity index (χ2v) is 6.04. The number of likely N-dealkylation sites (tertiary alicyclic amines) is 1. The Kier molecular flexibility index (Phi) is 6.62. The van der Waals surface area contributed by atoms with Gasteiger partial charge in [0.15, 0.2) is 0 Å². The Morgan fingerprint density at radius 3 is 2.52 bits per heavy atom. The maximum Gasteiger partial charge on any atom is 0.253 e. The van der Waals surface area contributed by atoms with Gasteiger partial charge in [-0.3, -0.25) is 9.78 Å². The van der Waals surface area contributed by atoms with E-state index < -0.39 is 0 Å². The van der Waals surface area contributed by atoms with E-state index in [0.29, 0.717) is 16.3 Å². The van der Waals surface area contributed by atoms with E-state index in [-0.39, 0.29) is 11.4 Å². The highest BCUT2D eigenvalue weighted by atomic mass is 35.5. The molecular weight excluding hydrogens is 286 g/mol. The minimum absolute atomic E-state index is 0.0837. The van der Waals surface area contributed by atoms with E-state index in [4.69, 9.17) is 11.6 Å². The fourth-order valence-electron chi connectivity index (χ4n) is 2.32. The first-order valence-corrected chi connectivity index (χ1v) is 7.91. The van der Waals surface area contributed by atoms with Crippen molar-refractivity contribution in [1.29, 1.82) is 0 Å². The van der Waals surface area contributed by atoms with E-state index in [1.165, 1.54) is 0 Å². The third kappa shape index (κ3) is 4.97. The Hall–Kier alpha value is -1.13. The lowest BCUT2D eigenvalue weighted by Gasteiger charge is -2.38. The monoisotopic (exact) mass is 311 g/mol. The fourth-order valence-corrected chi connectivity index (χ4v) is 2.47. The first-order valence-electron chi connectivity index (χ1n) is 7.53. The molecule has 0 bridgehead atoms. The summed E-state index contributed by atoms with van der Waals surface area (Å²) in [5.74, 6) is -0.0837. The average molecular weight is 312 g/mol. The number of aromatic nitrogens is 1. The zero-order valence-electron chi connectivity index (χ0n) is 13.7. The number of carbonyl (C=O) groups excluding carboxylic acids is 1. The summed E-state index contributed by atoms with van der Waals surface area (Å²) >= 11 is 5.91. The van der Waals surface area contributed by atoms with E-state index in [1.54, 1.807) is 12.3 Å². The van der Waals surface area contributed by atoms with Crippen molar-refractivity contribution in [2.75, 3.05) is 20.1 Å². The zero-order valence-corrected chi connectivity index (χ0v) is 14.4. The minimum Gasteiger partial charge on any atom is -0.347 e. The van der Waals surface area contributed by atoms with E-state index in [1.807, 2.05) is 20.8 Å². The standard InChI is InChI=1S/C14H20ClN3O.C2H6/c1-10-12(8-11(15)9-16-10)13(19)17-14(2)4-6-18(3)7-5-14;1-2/h8-9H,4-7H2,1-3H3,(H,17,19);1-2H3. The van der Waals surface area contributed by atoms with E-state index >= 15 is 0 Å². The average Bonchev–Trinajstić information content (AvgIpc) is 2.47. The fraction of sp³-hybridized carbons (Fsp3) is 0.625. The van der Waals surface area contributed by atoms with Gasteiger partial charge in [0.05, 0.1) is 16.3 Å². The summed E-state index contributed by atoms with van der Waals surface area (Å²) < 4.78 is 0. The summed E-state index contributed by atoms with van der Waals surface area (Å²) in [4.78, 5) is 18.8. The molecule has 1 fully saturated rings. The van der Waals surface area contributed by atoms with Gasteiger partial charge in [-0.05, 0) is 39.8 Å². The molecule has 1 aromatic heterocycles. The molecule has 2 rings (SSSR count). The van der Waals surface area contributed by atoms with Crippen LogP contribution in [0.3, 0.4) is 0 Å². The SMILES string of the molecule is CC.Cc1ncc(Cl)cc1C(=O)NC1(C)CCN(C)CC1. The molecule has 1 aromatic rings. The molecule has 0 radical (unpaired) electrons. The highest BCUT2D eigenvalue weighted by Gasteiger charge is 2.31. The maximum atomic E-state index is 12.3. The molecule has 21 heavy (non-hydrogen) atoms. The normalized spacial score (nSPS) is 17.6. The highest BCUT2D eigenvalue weighted by molar-refractivity contribution is 6.30. The molecule has 0 atom stereocenters. The van der Waals surface area contributed by atoms with Crippen molar-refractivity contribution in [2.24, 2.45) is 0 Å². The second kappa shape index (κ2) is 7.76. The third-order valence-corrected chi connectivity index (χ3v) is 4.01. The van der Waals surface area contributed by atoms with Crippen LogP contribution in [0.4, 0.5) is 0 Å². The van der Waals surface area contributed by atoms with Crippen molar-refractivity contribution in [1.82, 2.24) is 15.2 Å². The zero-order chi connectivity index (χ0) is 16.0. The Morgan fingerprint density at radius 2 is 1.95 bits per heavy atom. The van der Waals surface area contributed by atoms with Crippen molar-refractivity contribution in [3.8, 4) is 0 Å².